The number of ether oxygens (including phenoxy) is 1. The first-order valence-electron chi connectivity index (χ1n) is 7.26. The van der Waals surface area contributed by atoms with Crippen LogP contribution in [0.4, 0.5) is 0 Å². The summed E-state index contributed by atoms with van der Waals surface area (Å²) < 4.78 is 6.07. The van der Waals surface area contributed by atoms with Crippen LogP contribution in [0.15, 0.2) is 24.3 Å². The molecule has 2 unspecified atom stereocenters. The van der Waals surface area contributed by atoms with Crippen LogP contribution >= 0.6 is 11.6 Å². The highest BCUT2D eigenvalue weighted by Gasteiger charge is 2.25. The molecule has 2 rings (SSSR count). The molecule has 0 aliphatic carbocycles. The van der Waals surface area contributed by atoms with Crippen molar-refractivity contribution in [1.29, 1.82) is 5.26 Å². The van der Waals surface area contributed by atoms with Crippen LogP contribution in [0.2, 0.25) is 5.02 Å². The van der Waals surface area contributed by atoms with Crippen LogP contribution in [0.3, 0.4) is 0 Å². The van der Waals surface area contributed by atoms with E-state index in [2.05, 4.69) is 17.5 Å². The largest absolute Gasteiger partial charge is 0.373 e. The molecule has 0 aromatic heterocycles. The number of hydrogen-bond acceptors (Lipinski definition) is 3. The highest BCUT2D eigenvalue weighted by molar-refractivity contribution is 6.30. The van der Waals surface area contributed by atoms with Gasteiger partial charge in [-0.2, -0.15) is 5.26 Å². The SMILES string of the molecule is N#CCCCOC(c1cccc(Cl)c1)C1CCCNC1. The van der Waals surface area contributed by atoms with Crippen molar-refractivity contribution in [3.63, 3.8) is 0 Å². The van der Waals surface area contributed by atoms with Crippen LogP contribution in [-0.2, 0) is 4.74 Å². The Kier molecular flexibility index (Phi) is 6.32. The molecule has 108 valence electrons. The van der Waals surface area contributed by atoms with E-state index in [1.165, 1.54) is 12.8 Å². The van der Waals surface area contributed by atoms with E-state index in [1.54, 1.807) is 0 Å². The minimum absolute atomic E-state index is 0.0696. The Morgan fingerprint density at radius 2 is 2.40 bits per heavy atom. The monoisotopic (exact) mass is 292 g/mol. The summed E-state index contributed by atoms with van der Waals surface area (Å²) in [6, 6.07) is 10.1. The van der Waals surface area contributed by atoms with Crippen molar-refractivity contribution in [3.8, 4) is 6.07 Å². The van der Waals surface area contributed by atoms with Gasteiger partial charge in [-0.3, -0.25) is 0 Å². The number of rotatable bonds is 6. The van der Waals surface area contributed by atoms with Crippen molar-refractivity contribution >= 4 is 11.6 Å². The molecule has 1 aromatic rings. The Morgan fingerprint density at radius 3 is 3.10 bits per heavy atom. The summed E-state index contributed by atoms with van der Waals surface area (Å²) in [4.78, 5) is 0. The molecule has 1 aliphatic heterocycles. The first-order chi connectivity index (χ1) is 9.81. The van der Waals surface area contributed by atoms with Crippen LogP contribution in [0.5, 0.6) is 0 Å². The van der Waals surface area contributed by atoms with Gasteiger partial charge in [-0.05, 0) is 43.5 Å². The molecule has 0 amide bonds. The predicted molar refractivity (Wildman–Crippen MR) is 80.6 cm³/mol. The average molecular weight is 293 g/mol. The number of nitrogens with one attached hydrogen (secondary N) is 1. The lowest BCUT2D eigenvalue weighted by Gasteiger charge is -2.31. The lowest BCUT2D eigenvalue weighted by Crippen LogP contribution is -2.34. The number of nitriles is 1. The third-order valence-electron chi connectivity index (χ3n) is 3.67. The highest BCUT2D eigenvalue weighted by Crippen LogP contribution is 2.32. The third kappa shape index (κ3) is 4.49. The summed E-state index contributed by atoms with van der Waals surface area (Å²) in [5, 5.41) is 12.8. The summed E-state index contributed by atoms with van der Waals surface area (Å²) in [6.07, 6.45) is 3.75. The molecule has 4 heteroatoms. The standard InChI is InChI=1S/C16H21ClN2O/c17-15-7-3-5-13(11-15)16(20-10-2-1-8-18)14-6-4-9-19-12-14/h3,5,7,11,14,16,19H,1-2,4,6,9-10,12H2. The number of halogens is 1. The normalized spacial score (nSPS) is 20.3. The Balaban J connectivity index is 2.04. The van der Waals surface area contributed by atoms with E-state index >= 15 is 0 Å². The van der Waals surface area contributed by atoms with Gasteiger partial charge in [0.25, 0.3) is 0 Å². The number of benzene rings is 1. The lowest BCUT2D eigenvalue weighted by molar-refractivity contribution is 0.00222. The zero-order chi connectivity index (χ0) is 14.2. The molecular formula is C16H21ClN2O. The van der Waals surface area contributed by atoms with E-state index < -0.39 is 0 Å². The van der Waals surface area contributed by atoms with Gasteiger partial charge >= 0.3 is 0 Å². The van der Waals surface area contributed by atoms with Gasteiger partial charge in [0.2, 0.25) is 0 Å². The summed E-state index contributed by atoms with van der Waals surface area (Å²) >= 11 is 6.10. The molecule has 1 aromatic carbocycles. The molecule has 3 nitrogen and oxygen atoms in total. The number of hydrogen-bond donors (Lipinski definition) is 1. The number of nitrogens with zero attached hydrogens (tertiary/aromatic N) is 1. The molecule has 0 spiro atoms. The maximum absolute atomic E-state index is 8.60. The average Bonchev–Trinajstić information content (AvgIpc) is 2.48. The molecule has 2 atom stereocenters. The molecule has 1 heterocycles. The maximum atomic E-state index is 8.60. The second kappa shape index (κ2) is 8.26. The molecule has 0 radical (unpaired) electrons. The van der Waals surface area contributed by atoms with Gasteiger partial charge in [-0.15, -0.1) is 0 Å². The highest BCUT2D eigenvalue weighted by atomic mass is 35.5. The van der Waals surface area contributed by atoms with Crippen molar-refractivity contribution in [1.82, 2.24) is 5.32 Å². The Hall–Kier alpha value is -1.08. The summed E-state index contributed by atoms with van der Waals surface area (Å²) in [6.45, 7) is 2.70. The molecule has 1 saturated heterocycles. The van der Waals surface area contributed by atoms with Crippen molar-refractivity contribution in [2.45, 2.75) is 31.8 Å². The quantitative estimate of drug-likeness (QED) is 0.813. The van der Waals surface area contributed by atoms with Crippen molar-refractivity contribution in [2.75, 3.05) is 19.7 Å². The topological polar surface area (TPSA) is 45.0 Å². The van der Waals surface area contributed by atoms with E-state index in [1.807, 2.05) is 18.2 Å². The molecule has 20 heavy (non-hydrogen) atoms. The van der Waals surface area contributed by atoms with Gasteiger partial charge in [0.15, 0.2) is 0 Å². The summed E-state index contributed by atoms with van der Waals surface area (Å²) in [7, 11) is 0. The summed E-state index contributed by atoms with van der Waals surface area (Å²) in [5.74, 6) is 0.476. The second-order valence-electron chi connectivity index (χ2n) is 5.21. The van der Waals surface area contributed by atoms with Gasteiger partial charge in [0.1, 0.15) is 0 Å². The maximum Gasteiger partial charge on any atom is 0.0865 e. The molecule has 1 fully saturated rings. The van der Waals surface area contributed by atoms with Crippen LogP contribution in [-0.4, -0.2) is 19.7 Å². The Morgan fingerprint density at radius 1 is 1.50 bits per heavy atom. The number of unbranched alkanes of at least 4 members (excludes halogenated alkanes) is 1. The Labute approximate surface area is 125 Å². The van der Waals surface area contributed by atoms with Crippen molar-refractivity contribution < 1.29 is 4.74 Å². The Bertz CT molecular complexity index is 452. The van der Waals surface area contributed by atoms with Gasteiger partial charge < -0.3 is 10.1 Å². The molecule has 0 saturated carbocycles. The van der Waals surface area contributed by atoms with Gasteiger partial charge in [-0.1, -0.05) is 23.7 Å². The van der Waals surface area contributed by atoms with Gasteiger partial charge in [0, 0.05) is 30.5 Å². The fourth-order valence-corrected chi connectivity index (χ4v) is 2.89. The first-order valence-corrected chi connectivity index (χ1v) is 7.64. The number of piperidine rings is 1. The van der Waals surface area contributed by atoms with Crippen LogP contribution in [0.1, 0.15) is 37.4 Å². The van der Waals surface area contributed by atoms with Crippen LogP contribution in [0.25, 0.3) is 0 Å². The minimum atomic E-state index is 0.0696. The van der Waals surface area contributed by atoms with Crippen LogP contribution < -0.4 is 5.32 Å². The molecular weight excluding hydrogens is 272 g/mol. The van der Waals surface area contributed by atoms with E-state index in [4.69, 9.17) is 21.6 Å². The van der Waals surface area contributed by atoms with E-state index in [0.29, 0.717) is 18.9 Å². The molecule has 1 aliphatic rings. The van der Waals surface area contributed by atoms with Crippen molar-refractivity contribution in [2.24, 2.45) is 5.92 Å². The molecule has 1 N–H and O–H groups in total. The van der Waals surface area contributed by atoms with E-state index in [-0.39, 0.29) is 6.10 Å². The fourth-order valence-electron chi connectivity index (χ4n) is 2.69. The van der Waals surface area contributed by atoms with Crippen molar-refractivity contribution in [3.05, 3.63) is 34.9 Å². The van der Waals surface area contributed by atoms with Gasteiger partial charge in [-0.25, -0.2) is 0 Å². The van der Waals surface area contributed by atoms with E-state index in [9.17, 15) is 0 Å². The molecule has 0 bridgehead atoms. The zero-order valence-electron chi connectivity index (χ0n) is 11.6. The zero-order valence-corrected chi connectivity index (χ0v) is 12.4. The third-order valence-corrected chi connectivity index (χ3v) is 3.91. The lowest BCUT2D eigenvalue weighted by atomic mass is 9.89. The van der Waals surface area contributed by atoms with Crippen LogP contribution in [0, 0.1) is 17.2 Å². The fraction of sp³-hybridized carbons (Fsp3) is 0.562. The first kappa shape index (κ1) is 15.3. The minimum Gasteiger partial charge on any atom is -0.373 e. The predicted octanol–water partition coefficient (Wildman–Crippen LogP) is 3.70. The second-order valence-corrected chi connectivity index (χ2v) is 5.65. The van der Waals surface area contributed by atoms with E-state index in [0.717, 1.165) is 30.1 Å². The summed E-state index contributed by atoms with van der Waals surface area (Å²) in [5.41, 5.74) is 1.14. The van der Waals surface area contributed by atoms with Gasteiger partial charge in [0.05, 0.1) is 12.2 Å². The smallest absolute Gasteiger partial charge is 0.0865 e.